The smallest absolute Gasteiger partial charge is 0.368 e. The highest BCUT2D eigenvalue weighted by molar-refractivity contribution is 8.00. The van der Waals surface area contributed by atoms with Gasteiger partial charge in [0.25, 0.3) is 5.82 Å². The molecule has 0 spiro atoms. The minimum absolute atomic E-state index is 0.0666. The molecule has 5 nitrogen and oxygen atoms in total. The van der Waals surface area contributed by atoms with Gasteiger partial charge in [-0.1, -0.05) is 20.8 Å². The number of thioether (sulfide) groups is 1. The van der Waals surface area contributed by atoms with Gasteiger partial charge in [-0.25, -0.2) is 0 Å². The third-order valence-electron chi connectivity index (χ3n) is 2.46. The lowest BCUT2D eigenvalue weighted by Crippen LogP contribution is -2.15. The lowest BCUT2D eigenvalue weighted by atomic mass is 10.3. The summed E-state index contributed by atoms with van der Waals surface area (Å²) in [7, 11) is 0. The highest BCUT2D eigenvalue weighted by Gasteiger charge is 2.37. The normalized spacial score (nSPS) is 12.9. The number of hydrogen-bond donors (Lipinski definition) is 1. The van der Waals surface area contributed by atoms with Crippen molar-refractivity contribution in [2.24, 2.45) is 0 Å². The van der Waals surface area contributed by atoms with E-state index >= 15 is 0 Å². The molecule has 0 radical (unpaired) electrons. The van der Waals surface area contributed by atoms with Crippen molar-refractivity contribution in [1.82, 2.24) is 19.8 Å². The van der Waals surface area contributed by atoms with Gasteiger partial charge in [0, 0.05) is 17.0 Å². The van der Waals surface area contributed by atoms with Crippen LogP contribution in [0.4, 0.5) is 19.0 Å². The minimum atomic E-state index is -4.58. The number of nitrogens with one attached hydrogen (secondary N) is 1. The summed E-state index contributed by atoms with van der Waals surface area (Å²) in [6.45, 7) is 6.93. The van der Waals surface area contributed by atoms with Gasteiger partial charge in [0.15, 0.2) is 5.65 Å². The number of hydrogen-bond acceptors (Lipinski definition) is 5. The van der Waals surface area contributed by atoms with Gasteiger partial charge in [-0.15, -0.1) is 15.3 Å². The molecule has 2 rings (SSSR count). The Balaban J connectivity index is 2.08. The molecule has 0 fully saturated rings. The van der Waals surface area contributed by atoms with E-state index in [2.05, 4.69) is 41.4 Å². The molecule has 9 heteroatoms. The molecule has 0 aliphatic rings. The molecule has 116 valence electrons. The van der Waals surface area contributed by atoms with Gasteiger partial charge in [0.05, 0.1) is 0 Å². The van der Waals surface area contributed by atoms with Crippen LogP contribution in [0.3, 0.4) is 0 Å². The Morgan fingerprint density at radius 3 is 2.52 bits per heavy atom. The maximum atomic E-state index is 12.7. The SMILES string of the molecule is CC(C)(C)SCCNc1ccc2nnc(C(F)(F)F)n2n1. The first-order chi connectivity index (χ1) is 9.67. The lowest BCUT2D eigenvalue weighted by Gasteiger charge is -2.17. The summed E-state index contributed by atoms with van der Waals surface area (Å²) in [4.78, 5) is 0. The van der Waals surface area contributed by atoms with E-state index in [0.717, 1.165) is 5.75 Å². The number of nitrogens with zero attached hydrogens (tertiary/aromatic N) is 4. The van der Waals surface area contributed by atoms with Crippen LogP contribution in [0.5, 0.6) is 0 Å². The zero-order valence-corrected chi connectivity index (χ0v) is 12.7. The highest BCUT2D eigenvalue weighted by atomic mass is 32.2. The molecule has 0 aliphatic carbocycles. The van der Waals surface area contributed by atoms with Crippen molar-refractivity contribution in [3.63, 3.8) is 0 Å². The molecule has 21 heavy (non-hydrogen) atoms. The Morgan fingerprint density at radius 1 is 1.19 bits per heavy atom. The van der Waals surface area contributed by atoms with E-state index in [1.807, 2.05) is 0 Å². The molecule has 2 aromatic heterocycles. The number of aromatic nitrogens is 4. The maximum absolute atomic E-state index is 12.7. The number of halogens is 3. The van der Waals surface area contributed by atoms with Gasteiger partial charge >= 0.3 is 6.18 Å². The van der Waals surface area contributed by atoms with E-state index < -0.39 is 12.0 Å². The van der Waals surface area contributed by atoms with Crippen LogP contribution >= 0.6 is 11.8 Å². The fourth-order valence-electron chi connectivity index (χ4n) is 1.60. The first kappa shape index (κ1) is 15.9. The number of fused-ring (bicyclic) bond motifs is 1. The molecule has 0 atom stereocenters. The summed E-state index contributed by atoms with van der Waals surface area (Å²) < 4.78 is 39.1. The molecule has 0 unspecified atom stereocenters. The fraction of sp³-hybridized carbons (Fsp3) is 0.583. The zero-order valence-electron chi connectivity index (χ0n) is 11.9. The van der Waals surface area contributed by atoms with Crippen molar-refractivity contribution in [2.75, 3.05) is 17.6 Å². The van der Waals surface area contributed by atoms with Crippen LogP contribution in [0.15, 0.2) is 12.1 Å². The van der Waals surface area contributed by atoms with Gasteiger partial charge in [-0.2, -0.15) is 29.4 Å². The predicted octanol–water partition coefficient (Wildman–Crippen LogP) is 3.09. The van der Waals surface area contributed by atoms with Crippen LogP contribution < -0.4 is 5.32 Å². The molecule has 0 saturated heterocycles. The summed E-state index contributed by atoms with van der Waals surface area (Å²) in [5.41, 5.74) is 0.0666. The van der Waals surface area contributed by atoms with Crippen LogP contribution in [-0.4, -0.2) is 36.9 Å². The van der Waals surface area contributed by atoms with E-state index in [1.54, 1.807) is 17.8 Å². The van der Waals surface area contributed by atoms with Gasteiger partial charge in [0.1, 0.15) is 5.82 Å². The van der Waals surface area contributed by atoms with E-state index in [1.165, 1.54) is 6.07 Å². The van der Waals surface area contributed by atoms with Crippen molar-refractivity contribution in [1.29, 1.82) is 0 Å². The quantitative estimate of drug-likeness (QED) is 0.878. The fourth-order valence-corrected chi connectivity index (χ4v) is 2.41. The second kappa shape index (κ2) is 5.70. The summed E-state index contributed by atoms with van der Waals surface area (Å²) in [5, 5.41) is 13.5. The van der Waals surface area contributed by atoms with E-state index in [-0.39, 0.29) is 10.4 Å². The van der Waals surface area contributed by atoms with Gasteiger partial charge in [-0.05, 0) is 12.1 Å². The highest BCUT2D eigenvalue weighted by Crippen LogP contribution is 2.27. The molecular formula is C12H16F3N5S. The van der Waals surface area contributed by atoms with Gasteiger partial charge < -0.3 is 5.32 Å². The molecule has 0 saturated carbocycles. The second-order valence-electron chi connectivity index (χ2n) is 5.40. The summed E-state index contributed by atoms with van der Waals surface area (Å²) in [6, 6.07) is 3.04. The van der Waals surface area contributed by atoms with Gasteiger partial charge in [-0.3, -0.25) is 0 Å². The Kier molecular flexibility index (Phi) is 4.31. The first-order valence-electron chi connectivity index (χ1n) is 6.34. The number of anilines is 1. The Bertz CT molecular complexity index is 617. The van der Waals surface area contributed by atoms with Crippen LogP contribution in [0.2, 0.25) is 0 Å². The molecule has 0 aliphatic heterocycles. The molecule has 0 bridgehead atoms. The average Bonchev–Trinajstić information content (AvgIpc) is 2.76. The van der Waals surface area contributed by atoms with Gasteiger partial charge in [0.2, 0.25) is 0 Å². The third-order valence-corrected chi connectivity index (χ3v) is 3.73. The predicted molar refractivity (Wildman–Crippen MR) is 76.5 cm³/mol. The van der Waals surface area contributed by atoms with Crippen molar-refractivity contribution in [3.05, 3.63) is 18.0 Å². The van der Waals surface area contributed by atoms with E-state index in [4.69, 9.17) is 0 Å². The topological polar surface area (TPSA) is 55.1 Å². The number of rotatable bonds is 4. The monoisotopic (exact) mass is 319 g/mol. The largest absolute Gasteiger partial charge is 0.453 e. The summed E-state index contributed by atoms with van der Waals surface area (Å²) in [5.74, 6) is 0.0740. The Hall–Kier alpha value is -1.51. The van der Waals surface area contributed by atoms with E-state index in [9.17, 15) is 13.2 Å². The molecule has 0 amide bonds. The molecule has 2 aromatic rings. The Morgan fingerprint density at radius 2 is 1.90 bits per heavy atom. The van der Waals surface area contributed by atoms with Crippen LogP contribution in [0.25, 0.3) is 5.65 Å². The second-order valence-corrected chi connectivity index (χ2v) is 7.32. The van der Waals surface area contributed by atoms with Crippen LogP contribution in [0, 0.1) is 0 Å². The number of alkyl halides is 3. The maximum Gasteiger partial charge on any atom is 0.453 e. The molecular weight excluding hydrogens is 303 g/mol. The molecule has 0 aromatic carbocycles. The van der Waals surface area contributed by atoms with Crippen molar-refractivity contribution in [2.45, 2.75) is 31.7 Å². The first-order valence-corrected chi connectivity index (χ1v) is 7.33. The summed E-state index contributed by atoms with van der Waals surface area (Å²) >= 11 is 1.76. The van der Waals surface area contributed by atoms with Crippen molar-refractivity contribution >= 4 is 23.2 Å². The van der Waals surface area contributed by atoms with Crippen LogP contribution in [-0.2, 0) is 6.18 Å². The minimum Gasteiger partial charge on any atom is -0.368 e. The van der Waals surface area contributed by atoms with E-state index in [0.29, 0.717) is 16.9 Å². The van der Waals surface area contributed by atoms with Crippen molar-refractivity contribution in [3.8, 4) is 0 Å². The molecule has 2 heterocycles. The standard InChI is InChI=1S/C12H16F3N5S/c1-11(2,3)21-7-6-16-8-4-5-9-17-18-10(12(13,14)15)20(9)19-8/h4-5H,6-7H2,1-3H3,(H,16,19). The lowest BCUT2D eigenvalue weighted by molar-refractivity contribution is -0.146. The van der Waals surface area contributed by atoms with Crippen molar-refractivity contribution < 1.29 is 13.2 Å². The third kappa shape index (κ3) is 4.23. The zero-order chi connectivity index (χ0) is 15.7. The van der Waals surface area contributed by atoms with Crippen LogP contribution in [0.1, 0.15) is 26.6 Å². The Labute approximate surface area is 124 Å². The molecule has 1 N–H and O–H groups in total. The average molecular weight is 319 g/mol. The summed E-state index contributed by atoms with van der Waals surface area (Å²) in [6.07, 6.45) is -4.58.